The maximum atomic E-state index is 14.1. The second-order valence-electron chi connectivity index (χ2n) is 5.44. The van der Waals surface area contributed by atoms with Gasteiger partial charge in [-0.1, -0.05) is 17.7 Å². The van der Waals surface area contributed by atoms with Crippen LogP contribution in [0.15, 0.2) is 41.1 Å². The number of rotatable bonds is 4. The van der Waals surface area contributed by atoms with Crippen molar-refractivity contribution >= 4 is 39.1 Å². The summed E-state index contributed by atoms with van der Waals surface area (Å²) in [6, 6.07) is 6.98. The molecular formula is C17H14BrClFN3O. The van der Waals surface area contributed by atoms with Crippen LogP contribution < -0.4 is 5.32 Å². The van der Waals surface area contributed by atoms with Crippen molar-refractivity contribution in [2.45, 2.75) is 19.9 Å². The molecule has 1 aromatic carbocycles. The van der Waals surface area contributed by atoms with Crippen LogP contribution in [0, 0.1) is 12.7 Å². The number of halogens is 3. The first-order valence-electron chi connectivity index (χ1n) is 7.27. The van der Waals surface area contributed by atoms with Crippen LogP contribution in [0.2, 0.25) is 5.02 Å². The minimum Gasteiger partial charge on any atom is -0.352 e. The number of carbonyl (C=O) groups is 1. The van der Waals surface area contributed by atoms with Gasteiger partial charge in [0.1, 0.15) is 11.5 Å². The number of nitrogens with zero attached hydrogens (tertiary/aromatic N) is 2. The molecule has 3 rings (SSSR count). The molecular weight excluding hydrogens is 397 g/mol. The Balaban J connectivity index is 1.72. The highest BCUT2D eigenvalue weighted by atomic mass is 79.9. The van der Waals surface area contributed by atoms with Crippen LogP contribution in [0.1, 0.15) is 16.8 Å². The van der Waals surface area contributed by atoms with Crippen LogP contribution in [0.25, 0.3) is 5.65 Å². The van der Waals surface area contributed by atoms with Crippen molar-refractivity contribution in [3.8, 4) is 0 Å². The Labute approximate surface area is 151 Å². The molecule has 0 saturated carbocycles. The summed E-state index contributed by atoms with van der Waals surface area (Å²) in [5.41, 5.74) is 2.30. The van der Waals surface area contributed by atoms with Gasteiger partial charge >= 0.3 is 0 Å². The number of benzene rings is 1. The van der Waals surface area contributed by atoms with E-state index in [1.54, 1.807) is 25.3 Å². The predicted molar refractivity (Wildman–Crippen MR) is 94.6 cm³/mol. The van der Waals surface area contributed by atoms with Gasteiger partial charge in [0.05, 0.1) is 12.1 Å². The second kappa shape index (κ2) is 6.91. The molecule has 0 saturated heterocycles. The lowest BCUT2D eigenvalue weighted by Gasteiger charge is -2.10. The zero-order valence-electron chi connectivity index (χ0n) is 12.8. The van der Waals surface area contributed by atoms with E-state index in [1.165, 1.54) is 0 Å². The van der Waals surface area contributed by atoms with E-state index in [2.05, 4.69) is 26.2 Å². The van der Waals surface area contributed by atoms with E-state index in [4.69, 9.17) is 11.6 Å². The molecule has 0 aliphatic rings. The number of hydrogen-bond acceptors (Lipinski definition) is 2. The molecule has 1 N–H and O–H groups in total. The molecule has 0 unspecified atom stereocenters. The molecule has 0 bridgehead atoms. The van der Waals surface area contributed by atoms with Gasteiger partial charge in [0.15, 0.2) is 0 Å². The molecule has 4 nitrogen and oxygen atoms in total. The fourth-order valence-electron chi connectivity index (χ4n) is 2.43. The highest BCUT2D eigenvalue weighted by Gasteiger charge is 2.13. The second-order valence-corrected chi connectivity index (χ2v) is 6.76. The Kier molecular flexibility index (Phi) is 4.87. The van der Waals surface area contributed by atoms with Gasteiger partial charge in [0.2, 0.25) is 5.91 Å². The molecule has 0 atom stereocenters. The maximum absolute atomic E-state index is 14.1. The minimum atomic E-state index is -0.387. The Hall–Kier alpha value is -1.92. The zero-order chi connectivity index (χ0) is 17.3. The summed E-state index contributed by atoms with van der Waals surface area (Å²) in [5.74, 6) is -0.615. The van der Waals surface area contributed by atoms with Crippen LogP contribution in [0.3, 0.4) is 0 Å². The van der Waals surface area contributed by atoms with Gasteiger partial charge in [-0.25, -0.2) is 9.37 Å². The summed E-state index contributed by atoms with van der Waals surface area (Å²) in [5, 5.41) is 3.01. The lowest BCUT2D eigenvalue weighted by Crippen LogP contribution is -2.25. The zero-order valence-corrected chi connectivity index (χ0v) is 15.2. The topological polar surface area (TPSA) is 46.4 Å². The van der Waals surface area contributed by atoms with Gasteiger partial charge in [-0.3, -0.25) is 4.79 Å². The smallest absolute Gasteiger partial charge is 0.226 e. The molecule has 3 aromatic rings. The number of fused-ring (bicyclic) bond motifs is 1. The standard InChI is InChI=1S/C17H14BrClFN3O/c1-10-2-4-14(19)13(17(10)20)8-22-16(24)6-12-7-21-15-5-3-11(18)9-23(12)15/h2-5,7,9H,6,8H2,1H3,(H,22,24). The van der Waals surface area contributed by atoms with Crippen molar-refractivity contribution in [1.82, 2.24) is 14.7 Å². The molecule has 0 aliphatic heterocycles. The van der Waals surface area contributed by atoms with E-state index in [1.807, 2.05) is 22.7 Å². The first-order chi connectivity index (χ1) is 11.5. The third-order valence-electron chi connectivity index (χ3n) is 3.73. The van der Waals surface area contributed by atoms with Gasteiger partial charge in [0, 0.05) is 34.0 Å². The van der Waals surface area contributed by atoms with Crippen LogP contribution in [-0.4, -0.2) is 15.3 Å². The van der Waals surface area contributed by atoms with E-state index in [0.29, 0.717) is 16.1 Å². The van der Waals surface area contributed by atoms with Gasteiger partial charge in [-0.2, -0.15) is 0 Å². The van der Waals surface area contributed by atoms with E-state index in [0.717, 1.165) is 15.8 Å². The summed E-state index contributed by atoms with van der Waals surface area (Å²) < 4.78 is 16.8. The number of aryl methyl sites for hydroxylation is 1. The number of aromatic nitrogens is 2. The van der Waals surface area contributed by atoms with Crippen LogP contribution in [-0.2, 0) is 17.8 Å². The number of imidazole rings is 1. The lowest BCUT2D eigenvalue weighted by molar-refractivity contribution is -0.120. The Bertz CT molecular complexity index is 926. The number of hydrogen-bond donors (Lipinski definition) is 1. The van der Waals surface area contributed by atoms with Crippen LogP contribution in [0.5, 0.6) is 0 Å². The van der Waals surface area contributed by atoms with Crippen molar-refractivity contribution in [3.05, 3.63) is 68.8 Å². The minimum absolute atomic E-state index is 0.0472. The maximum Gasteiger partial charge on any atom is 0.226 e. The van der Waals surface area contributed by atoms with Crippen molar-refractivity contribution in [1.29, 1.82) is 0 Å². The summed E-state index contributed by atoms with van der Waals surface area (Å²) in [6.45, 7) is 1.71. The molecule has 124 valence electrons. The Morgan fingerprint density at radius 3 is 2.96 bits per heavy atom. The fraction of sp³-hybridized carbons (Fsp3) is 0.176. The largest absolute Gasteiger partial charge is 0.352 e. The predicted octanol–water partition coefficient (Wildman–Crippen LogP) is 4.06. The molecule has 2 heterocycles. The number of nitrogens with one attached hydrogen (secondary N) is 1. The first kappa shape index (κ1) is 16.9. The normalized spacial score (nSPS) is 11.0. The van der Waals surface area contributed by atoms with Gasteiger partial charge < -0.3 is 9.72 Å². The molecule has 0 radical (unpaired) electrons. The Morgan fingerprint density at radius 1 is 1.38 bits per heavy atom. The molecule has 0 fully saturated rings. The quantitative estimate of drug-likeness (QED) is 0.705. The van der Waals surface area contributed by atoms with Gasteiger partial charge in [0.25, 0.3) is 0 Å². The first-order valence-corrected chi connectivity index (χ1v) is 8.44. The molecule has 2 aromatic heterocycles. The van der Waals surface area contributed by atoms with Gasteiger partial charge in [-0.15, -0.1) is 0 Å². The summed E-state index contributed by atoms with van der Waals surface area (Å²) in [4.78, 5) is 16.4. The molecule has 0 aliphatic carbocycles. The summed E-state index contributed by atoms with van der Waals surface area (Å²) in [6.07, 6.45) is 3.65. The average Bonchev–Trinajstić information content (AvgIpc) is 2.93. The number of amides is 1. The van der Waals surface area contributed by atoms with Crippen LogP contribution >= 0.6 is 27.5 Å². The van der Waals surface area contributed by atoms with Crippen molar-refractivity contribution in [2.75, 3.05) is 0 Å². The van der Waals surface area contributed by atoms with E-state index in [-0.39, 0.29) is 24.7 Å². The molecule has 24 heavy (non-hydrogen) atoms. The lowest BCUT2D eigenvalue weighted by atomic mass is 10.1. The third-order valence-corrected chi connectivity index (χ3v) is 4.55. The van der Waals surface area contributed by atoms with Gasteiger partial charge in [-0.05, 0) is 46.6 Å². The summed E-state index contributed by atoms with van der Waals surface area (Å²) in [7, 11) is 0. The van der Waals surface area contributed by atoms with E-state index < -0.39 is 0 Å². The SMILES string of the molecule is Cc1ccc(Cl)c(CNC(=O)Cc2cnc3ccc(Br)cn23)c1F. The number of pyridine rings is 1. The summed E-state index contributed by atoms with van der Waals surface area (Å²) >= 11 is 9.41. The van der Waals surface area contributed by atoms with Crippen molar-refractivity contribution < 1.29 is 9.18 Å². The highest BCUT2D eigenvalue weighted by Crippen LogP contribution is 2.22. The monoisotopic (exact) mass is 409 g/mol. The van der Waals surface area contributed by atoms with Crippen molar-refractivity contribution in [2.24, 2.45) is 0 Å². The van der Waals surface area contributed by atoms with Crippen LogP contribution in [0.4, 0.5) is 4.39 Å². The number of carbonyl (C=O) groups excluding carboxylic acids is 1. The van der Waals surface area contributed by atoms with Crippen molar-refractivity contribution in [3.63, 3.8) is 0 Å². The molecule has 0 spiro atoms. The highest BCUT2D eigenvalue weighted by molar-refractivity contribution is 9.10. The van der Waals surface area contributed by atoms with E-state index in [9.17, 15) is 9.18 Å². The van der Waals surface area contributed by atoms with E-state index >= 15 is 0 Å². The third kappa shape index (κ3) is 3.44. The average molecular weight is 411 g/mol. The molecule has 7 heteroatoms. The molecule has 1 amide bonds. The fourth-order valence-corrected chi connectivity index (χ4v) is 2.98. The Morgan fingerprint density at radius 2 is 2.17 bits per heavy atom.